The monoisotopic (exact) mass is 443 g/mol. The van der Waals surface area contributed by atoms with Crippen molar-refractivity contribution in [3.05, 3.63) is 63.7 Å². The molecule has 1 saturated heterocycles. The highest BCUT2D eigenvalue weighted by Crippen LogP contribution is 2.26. The Hall–Kier alpha value is -2.08. The van der Waals surface area contributed by atoms with E-state index in [-0.39, 0.29) is 24.0 Å². The van der Waals surface area contributed by atoms with Gasteiger partial charge in [0.1, 0.15) is 5.75 Å². The van der Waals surface area contributed by atoms with Crippen molar-refractivity contribution in [1.82, 2.24) is 15.5 Å². The molecule has 0 aromatic heterocycles. The number of nitrogens with zero attached hydrogens (tertiary/aromatic N) is 1. The Labute approximate surface area is 191 Å². The Morgan fingerprint density at radius 2 is 1.90 bits per heavy atom. The van der Waals surface area contributed by atoms with Gasteiger partial charge in [0.25, 0.3) is 0 Å². The van der Waals surface area contributed by atoms with Gasteiger partial charge in [-0.2, -0.15) is 0 Å². The number of halogens is 1. The molecule has 0 radical (unpaired) electrons. The third-order valence-electron chi connectivity index (χ3n) is 6.12. The van der Waals surface area contributed by atoms with Crippen LogP contribution in [0.15, 0.2) is 36.4 Å². The molecule has 2 aromatic carbocycles. The summed E-state index contributed by atoms with van der Waals surface area (Å²) in [5.41, 5.74) is 4.72. The number of ether oxygens (including phenoxy) is 1. The number of methoxy groups -OCH3 is 1. The maximum Gasteiger partial charge on any atom is 0.237 e. The van der Waals surface area contributed by atoms with Crippen LogP contribution in [0.3, 0.4) is 0 Å². The van der Waals surface area contributed by atoms with Gasteiger partial charge in [-0.15, -0.1) is 0 Å². The van der Waals surface area contributed by atoms with Crippen LogP contribution in [-0.2, 0) is 17.9 Å². The molecule has 1 aliphatic rings. The van der Waals surface area contributed by atoms with Crippen LogP contribution in [0, 0.1) is 13.8 Å². The fourth-order valence-corrected chi connectivity index (χ4v) is 4.44. The lowest BCUT2D eigenvalue weighted by molar-refractivity contribution is -0.126. The zero-order valence-electron chi connectivity index (χ0n) is 19.2. The number of carbonyl (C=O) groups excluding carboxylic acids is 1. The fraction of sp³-hybridized carbons (Fsp3) is 0.480. The lowest BCUT2D eigenvalue weighted by Crippen LogP contribution is -2.45. The molecule has 1 amide bonds. The number of hydrogen-bond acceptors (Lipinski definition) is 4. The zero-order valence-corrected chi connectivity index (χ0v) is 19.9. The van der Waals surface area contributed by atoms with E-state index in [0.717, 1.165) is 35.8 Å². The Kier molecular flexibility index (Phi) is 7.98. The Bertz CT molecular complexity index is 916. The summed E-state index contributed by atoms with van der Waals surface area (Å²) in [5.74, 6) is 1.00. The zero-order chi connectivity index (χ0) is 22.5. The summed E-state index contributed by atoms with van der Waals surface area (Å²) in [7, 11) is 1.70. The van der Waals surface area contributed by atoms with Gasteiger partial charge in [-0.25, -0.2) is 0 Å². The van der Waals surface area contributed by atoms with E-state index in [1.807, 2.05) is 44.2 Å². The first-order valence-corrected chi connectivity index (χ1v) is 11.3. The lowest BCUT2D eigenvalue weighted by atomic mass is 10.0. The number of hydrogen-bond donors (Lipinski definition) is 2. The molecule has 5 nitrogen and oxygen atoms in total. The summed E-state index contributed by atoms with van der Waals surface area (Å²) in [6, 6.07) is 12.2. The van der Waals surface area contributed by atoms with Gasteiger partial charge < -0.3 is 15.4 Å². The maximum absolute atomic E-state index is 12.9. The second-order valence-electron chi connectivity index (χ2n) is 8.69. The molecule has 2 aromatic rings. The third kappa shape index (κ3) is 5.79. The van der Waals surface area contributed by atoms with Gasteiger partial charge in [-0.05, 0) is 68.5 Å². The van der Waals surface area contributed by atoms with E-state index in [2.05, 4.69) is 35.4 Å². The molecule has 31 heavy (non-hydrogen) atoms. The summed E-state index contributed by atoms with van der Waals surface area (Å²) in [6.07, 6.45) is 0.775. The van der Waals surface area contributed by atoms with E-state index in [0.29, 0.717) is 6.54 Å². The van der Waals surface area contributed by atoms with Gasteiger partial charge in [-0.3, -0.25) is 9.69 Å². The van der Waals surface area contributed by atoms with Crippen molar-refractivity contribution in [3.8, 4) is 5.75 Å². The van der Waals surface area contributed by atoms with Crippen LogP contribution in [-0.4, -0.2) is 42.6 Å². The van der Waals surface area contributed by atoms with Crippen molar-refractivity contribution in [2.75, 3.05) is 13.7 Å². The molecule has 1 aliphatic heterocycles. The van der Waals surface area contributed by atoms with Crippen LogP contribution in [0.1, 0.15) is 42.5 Å². The Balaban J connectivity index is 1.71. The molecular formula is C25H34ClN3O2. The second kappa shape index (κ2) is 10.5. The van der Waals surface area contributed by atoms with E-state index >= 15 is 0 Å². The Morgan fingerprint density at radius 1 is 1.16 bits per heavy atom. The van der Waals surface area contributed by atoms with Gasteiger partial charge >= 0.3 is 0 Å². The molecule has 2 atom stereocenters. The standard InChI is InChI=1S/C25H34ClN3O2/c1-16(2)28-25(30)23-12-21(15-29(23)14-20-8-6-7-9-22(20)26)27-13-19-10-11-24(31-5)18(4)17(19)3/h6-11,16,21,23,27H,12-15H2,1-5H3,(H,28,30)/t21-,23+/m1/s1. The molecule has 0 aliphatic carbocycles. The summed E-state index contributed by atoms with van der Waals surface area (Å²) in [5, 5.41) is 7.50. The van der Waals surface area contributed by atoms with Gasteiger partial charge in [0.05, 0.1) is 13.2 Å². The molecule has 0 unspecified atom stereocenters. The van der Waals surface area contributed by atoms with Crippen LogP contribution in [0.5, 0.6) is 5.75 Å². The van der Waals surface area contributed by atoms with Crippen LogP contribution >= 0.6 is 11.6 Å². The topological polar surface area (TPSA) is 53.6 Å². The molecule has 2 N–H and O–H groups in total. The van der Waals surface area contributed by atoms with Crippen LogP contribution < -0.4 is 15.4 Å². The van der Waals surface area contributed by atoms with Crippen molar-refractivity contribution >= 4 is 17.5 Å². The van der Waals surface area contributed by atoms with E-state index in [1.165, 1.54) is 16.7 Å². The van der Waals surface area contributed by atoms with Crippen molar-refractivity contribution in [2.45, 2.75) is 65.3 Å². The summed E-state index contributed by atoms with van der Waals surface area (Å²) in [4.78, 5) is 15.1. The van der Waals surface area contributed by atoms with E-state index in [1.54, 1.807) is 7.11 Å². The van der Waals surface area contributed by atoms with Gasteiger partial charge in [0.15, 0.2) is 0 Å². The average molecular weight is 444 g/mol. The number of rotatable bonds is 8. The molecule has 0 spiro atoms. The van der Waals surface area contributed by atoms with Crippen LogP contribution in [0.25, 0.3) is 0 Å². The Morgan fingerprint density at radius 3 is 2.58 bits per heavy atom. The van der Waals surface area contributed by atoms with Gasteiger partial charge in [0, 0.05) is 36.7 Å². The first kappa shape index (κ1) is 23.6. The molecule has 1 heterocycles. The predicted octanol–water partition coefficient (Wildman–Crippen LogP) is 4.22. The third-order valence-corrected chi connectivity index (χ3v) is 6.49. The lowest BCUT2D eigenvalue weighted by Gasteiger charge is -2.24. The summed E-state index contributed by atoms with van der Waals surface area (Å²) < 4.78 is 5.43. The normalized spacial score (nSPS) is 19.1. The molecule has 0 bridgehead atoms. The largest absolute Gasteiger partial charge is 0.496 e. The number of likely N-dealkylation sites (tertiary alicyclic amines) is 1. The smallest absolute Gasteiger partial charge is 0.237 e. The van der Waals surface area contributed by atoms with Gasteiger partial charge in [0.2, 0.25) is 5.91 Å². The van der Waals surface area contributed by atoms with Crippen LogP contribution in [0.4, 0.5) is 0 Å². The van der Waals surface area contributed by atoms with E-state index in [9.17, 15) is 4.79 Å². The number of benzene rings is 2. The van der Waals surface area contributed by atoms with Crippen molar-refractivity contribution < 1.29 is 9.53 Å². The molecule has 1 fully saturated rings. The molecular weight excluding hydrogens is 410 g/mol. The number of nitrogens with one attached hydrogen (secondary N) is 2. The van der Waals surface area contributed by atoms with E-state index in [4.69, 9.17) is 16.3 Å². The number of amides is 1. The first-order valence-electron chi connectivity index (χ1n) is 10.9. The molecule has 0 saturated carbocycles. The highest BCUT2D eigenvalue weighted by atomic mass is 35.5. The quantitative estimate of drug-likeness (QED) is 0.641. The maximum atomic E-state index is 12.9. The van der Waals surface area contributed by atoms with Gasteiger partial charge in [-0.1, -0.05) is 35.9 Å². The highest BCUT2D eigenvalue weighted by molar-refractivity contribution is 6.31. The second-order valence-corrected chi connectivity index (χ2v) is 9.10. The van der Waals surface area contributed by atoms with E-state index < -0.39 is 0 Å². The minimum Gasteiger partial charge on any atom is -0.496 e. The minimum atomic E-state index is -0.171. The van der Waals surface area contributed by atoms with Crippen molar-refractivity contribution in [2.24, 2.45) is 0 Å². The molecule has 168 valence electrons. The van der Waals surface area contributed by atoms with Crippen molar-refractivity contribution in [1.29, 1.82) is 0 Å². The fourth-order valence-electron chi connectivity index (χ4n) is 4.24. The molecule has 6 heteroatoms. The minimum absolute atomic E-state index is 0.0860. The summed E-state index contributed by atoms with van der Waals surface area (Å²) >= 11 is 6.40. The predicted molar refractivity (Wildman–Crippen MR) is 127 cm³/mol. The highest BCUT2D eigenvalue weighted by Gasteiger charge is 2.36. The number of carbonyl (C=O) groups is 1. The molecule has 3 rings (SSSR count). The van der Waals surface area contributed by atoms with Crippen LogP contribution in [0.2, 0.25) is 5.02 Å². The SMILES string of the molecule is COc1ccc(CN[C@@H]2C[C@@H](C(=O)NC(C)C)N(Cc3ccccc3Cl)C2)c(C)c1C. The van der Waals surface area contributed by atoms with Crippen molar-refractivity contribution in [3.63, 3.8) is 0 Å². The summed E-state index contributed by atoms with van der Waals surface area (Å²) in [6.45, 7) is 10.4. The first-order chi connectivity index (χ1) is 14.8. The average Bonchev–Trinajstić information content (AvgIpc) is 3.13.